The molecule has 0 spiro atoms. The van der Waals surface area contributed by atoms with Crippen molar-refractivity contribution in [1.82, 2.24) is 5.32 Å². The Morgan fingerprint density at radius 1 is 1.16 bits per heavy atom. The first-order valence-corrected chi connectivity index (χ1v) is 7.63. The summed E-state index contributed by atoms with van der Waals surface area (Å²) < 4.78 is 0. The number of carbonyl (C=O) groups excluding carboxylic acids is 2. The predicted octanol–water partition coefficient (Wildman–Crippen LogP) is 2.69. The number of hydrogen-bond donors (Lipinski definition) is 1. The van der Waals surface area contributed by atoms with E-state index in [4.69, 9.17) is 0 Å². The van der Waals surface area contributed by atoms with Crippen molar-refractivity contribution in [3.8, 4) is 0 Å². The van der Waals surface area contributed by atoms with Crippen molar-refractivity contribution in [2.24, 2.45) is 22.7 Å². The van der Waals surface area contributed by atoms with Crippen LogP contribution in [-0.4, -0.2) is 17.7 Å². The van der Waals surface area contributed by atoms with Gasteiger partial charge < -0.3 is 5.32 Å². The van der Waals surface area contributed by atoms with Crippen LogP contribution in [-0.2, 0) is 9.59 Å². The van der Waals surface area contributed by atoms with E-state index in [-0.39, 0.29) is 23.1 Å². The maximum Gasteiger partial charge on any atom is 0.226 e. The van der Waals surface area contributed by atoms with Gasteiger partial charge in [0.05, 0.1) is 11.5 Å². The Labute approximate surface area is 115 Å². The second-order valence-corrected chi connectivity index (χ2v) is 7.86. The first-order valence-electron chi connectivity index (χ1n) is 7.63. The van der Waals surface area contributed by atoms with Crippen molar-refractivity contribution >= 4 is 11.7 Å². The minimum Gasteiger partial charge on any atom is -0.346 e. The zero-order valence-electron chi connectivity index (χ0n) is 12.3. The number of amides is 1. The molecule has 4 aliphatic rings. The lowest BCUT2D eigenvalue weighted by atomic mass is 9.44. The summed E-state index contributed by atoms with van der Waals surface area (Å²) in [6.07, 6.45) is 7.07. The lowest BCUT2D eigenvalue weighted by Crippen LogP contribution is -2.58. The van der Waals surface area contributed by atoms with E-state index in [0.717, 1.165) is 31.1 Å². The van der Waals surface area contributed by atoms with Gasteiger partial charge in [-0.25, -0.2) is 0 Å². The van der Waals surface area contributed by atoms with Gasteiger partial charge >= 0.3 is 0 Å². The van der Waals surface area contributed by atoms with Crippen LogP contribution in [0.15, 0.2) is 0 Å². The molecule has 4 rings (SSSR count). The molecular formula is C16H25NO2. The van der Waals surface area contributed by atoms with Gasteiger partial charge in [-0.05, 0) is 69.6 Å². The van der Waals surface area contributed by atoms with E-state index in [1.54, 1.807) is 13.8 Å². The molecule has 19 heavy (non-hydrogen) atoms. The molecule has 3 atom stereocenters. The molecule has 0 heterocycles. The molecule has 3 heteroatoms. The molecule has 4 aliphatic carbocycles. The molecule has 3 nitrogen and oxygen atoms in total. The first kappa shape index (κ1) is 13.1. The van der Waals surface area contributed by atoms with Gasteiger partial charge in [0.15, 0.2) is 5.78 Å². The van der Waals surface area contributed by atoms with Gasteiger partial charge in [0.25, 0.3) is 0 Å². The summed E-state index contributed by atoms with van der Waals surface area (Å²) in [4.78, 5) is 24.0. The monoisotopic (exact) mass is 263 g/mol. The number of carbonyl (C=O) groups is 2. The Bertz CT molecular complexity index is 414. The average molecular weight is 263 g/mol. The maximum atomic E-state index is 12.7. The lowest BCUT2D eigenvalue weighted by molar-refractivity contribution is -0.156. The Morgan fingerprint density at radius 2 is 1.74 bits per heavy atom. The Balaban J connectivity index is 1.80. The van der Waals surface area contributed by atoms with Crippen molar-refractivity contribution in [2.75, 3.05) is 0 Å². The smallest absolute Gasteiger partial charge is 0.226 e. The summed E-state index contributed by atoms with van der Waals surface area (Å²) in [5.41, 5.74) is 0.212. The van der Waals surface area contributed by atoms with Crippen LogP contribution in [0.1, 0.15) is 59.3 Å². The minimum absolute atomic E-state index is 0.0456. The maximum absolute atomic E-state index is 12.7. The minimum atomic E-state index is -0.340. The fourth-order valence-electron chi connectivity index (χ4n) is 5.44. The Kier molecular flexibility index (Phi) is 2.81. The first-order chi connectivity index (χ1) is 8.82. The summed E-state index contributed by atoms with van der Waals surface area (Å²) in [5.74, 6) is 1.68. The van der Waals surface area contributed by atoms with Crippen LogP contribution in [0.2, 0.25) is 0 Å². The van der Waals surface area contributed by atoms with Gasteiger partial charge in [0.2, 0.25) is 5.91 Å². The summed E-state index contributed by atoms with van der Waals surface area (Å²) >= 11 is 0. The molecule has 1 N–H and O–H groups in total. The Morgan fingerprint density at radius 3 is 2.21 bits per heavy atom. The Hall–Kier alpha value is -0.860. The SMILES string of the molecule is CC(=O)C(C)NC(=O)C12CC3CC(CC(C)(C3)C1)C2. The van der Waals surface area contributed by atoms with Gasteiger partial charge in [-0.1, -0.05) is 6.92 Å². The zero-order valence-corrected chi connectivity index (χ0v) is 12.3. The molecular weight excluding hydrogens is 238 g/mol. The molecule has 0 aromatic carbocycles. The van der Waals surface area contributed by atoms with E-state index >= 15 is 0 Å². The third-order valence-electron chi connectivity index (χ3n) is 5.79. The topological polar surface area (TPSA) is 46.2 Å². The number of nitrogens with one attached hydrogen (secondary N) is 1. The standard InChI is InChI=1S/C16H25NO2/c1-10(11(2)18)17-14(19)16-7-12-4-13(8-16)6-15(3,5-12)9-16/h10,12-13H,4-9H2,1-3H3,(H,17,19). The van der Waals surface area contributed by atoms with E-state index in [9.17, 15) is 9.59 Å². The van der Waals surface area contributed by atoms with Gasteiger partial charge in [-0.2, -0.15) is 0 Å². The normalized spacial score (nSPS) is 45.0. The van der Waals surface area contributed by atoms with E-state index in [2.05, 4.69) is 12.2 Å². The molecule has 4 saturated carbocycles. The molecule has 0 saturated heterocycles. The lowest BCUT2D eigenvalue weighted by Gasteiger charge is -2.60. The molecule has 3 unspecified atom stereocenters. The van der Waals surface area contributed by atoms with E-state index in [1.807, 2.05) is 0 Å². The van der Waals surface area contributed by atoms with Crippen LogP contribution in [0, 0.1) is 22.7 Å². The number of ketones is 1. The van der Waals surface area contributed by atoms with E-state index < -0.39 is 0 Å². The number of Topliss-reactive ketones (excluding diaryl/α,β-unsaturated/α-hetero) is 1. The van der Waals surface area contributed by atoms with E-state index in [0.29, 0.717) is 5.41 Å². The number of rotatable bonds is 3. The summed E-state index contributed by atoms with van der Waals surface area (Å²) in [7, 11) is 0. The van der Waals surface area contributed by atoms with Crippen LogP contribution in [0.25, 0.3) is 0 Å². The van der Waals surface area contributed by atoms with Crippen molar-refractivity contribution < 1.29 is 9.59 Å². The molecule has 106 valence electrons. The van der Waals surface area contributed by atoms with Crippen molar-refractivity contribution in [3.63, 3.8) is 0 Å². The molecule has 0 aliphatic heterocycles. The summed E-state index contributed by atoms with van der Waals surface area (Å²) in [5, 5.41) is 2.97. The fourth-order valence-corrected chi connectivity index (χ4v) is 5.44. The highest BCUT2D eigenvalue weighted by atomic mass is 16.2. The zero-order chi connectivity index (χ0) is 13.8. The molecule has 0 radical (unpaired) electrons. The van der Waals surface area contributed by atoms with Crippen LogP contribution in [0.4, 0.5) is 0 Å². The van der Waals surface area contributed by atoms with Gasteiger partial charge in [0, 0.05) is 0 Å². The van der Waals surface area contributed by atoms with Crippen LogP contribution in [0.3, 0.4) is 0 Å². The van der Waals surface area contributed by atoms with Gasteiger partial charge in [-0.15, -0.1) is 0 Å². The van der Waals surface area contributed by atoms with Crippen LogP contribution in [0.5, 0.6) is 0 Å². The van der Waals surface area contributed by atoms with Gasteiger partial charge in [0.1, 0.15) is 0 Å². The highest BCUT2D eigenvalue weighted by Gasteiger charge is 2.58. The van der Waals surface area contributed by atoms with Crippen molar-refractivity contribution in [1.29, 1.82) is 0 Å². The summed E-state index contributed by atoms with van der Waals surface area (Å²) in [6, 6.07) is -0.340. The van der Waals surface area contributed by atoms with E-state index in [1.165, 1.54) is 19.3 Å². The second-order valence-electron chi connectivity index (χ2n) is 7.86. The number of hydrogen-bond acceptors (Lipinski definition) is 2. The highest BCUT2D eigenvalue weighted by Crippen LogP contribution is 2.65. The van der Waals surface area contributed by atoms with Crippen molar-refractivity contribution in [2.45, 2.75) is 65.3 Å². The molecule has 0 aromatic rings. The van der Waals surface area contributed by atoms with Crippen LogP contribution >= 0.6 is 0 Å². The average Bonchev–Trinajstić information content (AvgIpc) is 2.24. The quantitative estimate of drug-likeness (QED) is 0.851. The van der Waals surface area contributed by atoms with Crippen LogP contribution < -0.4 is 5.32 Å². The summed E-state index contributed by atoms with van der Waals surface area (Å²) in [6.45, 7) is 5.70. The molecule has 4 bridgehead atoms. The molecule has 0 aromatic heterocycles. The van der Waals surface area contributed by atoms with Gasteiger partial charge in [-0.3, -0.25) is 9.59 Å². The fraction of sp³-hybridized carbons (Fsp3) is 0.875. The predicted molar refractivity (Wildman–Crippen MR) is 73.5 cm³/mol. The largest absolute Gasteiger partial charge is 0.346 e. The molecule has 4 fully saturated rings. The van der Waals surface area contributed by atoms with Crippen molar-refractivity contribution in [3.05, 3.63) is 0 Å². The second kappa shape index (κ2) is 4.07. The third-order valence-corrected chi connectivity index (χ3v) is 5.79. The molecule has 1 amide bonds. The highest BCUT2D eigenvalue weighted by molar-refractivity contribution is 5.90. The third kappa shape index (κ3) is 2.11.